The van der Waals surface area contributed by atoms with Gasteiger partial charge in [-0.25, -0.2) is 4.98 Å². The summed E-state index contributed by atoms with van der Waals surface area (Å²) in [6.45, 7) is -0.278. The third-order valence-electron chi connectivity index (χ3n) is 15.6. The minimum absolute atomic E-state index is 0.278. The SMILES string of the molecule is c1ccc(B2c3cc4c(cc3-c3cc5c6ccccc6n(-c6cccc(-c7ccccc7)c6)c5cc3N2c2ccc3oc5ccccc5c3c2)c2ccccc2n4-c2nc(-c3ccccc3)nc(-c3ccccc3)n2)cc1. The quantitative estimate of drug-likeness (QED) is 0.149. The lowest BCUT2D eigenvalue weighted by molar-refractivity contribution is 0.669. The van der Waals surface area contributed by atoms with Crippen molar-refractivity contribution in [3.8, 4) is 56.7 Å². The van der Waals surface area contributed by atoms with Crippen molar-refractivity contribution in [2.75, 3.05) is 4.81 Å². The second kappa shape index (κ2) is 17.1. The van der Waals surface area contributed by atoms with Gasteiger partial charge in [0, 0.05) is 66.1 Å². The summed E-state index contributed by atoms with van der Waals surface area (Å²) in [6.07, 6.45) is 0. The molecule has 1 aliphatic heterocycles. The fourth-order valence-corrected chi connectivity index (χ4v) is 12.2. The molecule has 0 unspecified atom stereocenters. The van der Waals surface area contributed by atoms with Gasteiger partial charge in [0.05, 0.1) is 22.1 Å². The molecule has 16 rings (SSSR count). The monoisotopic (exact) mass is 982 g/mol. The lowest BCUT2D eigenvalue weighted by Gasteiger charge is -2.39. The fourth-order valence-electron chi connectivity index (χ4n) is 12.2. The second-order valence-corrected chi connectivity index (χ2v) is 19.9. The standard InChI is InChI=1S/C69H43BN6O/c1-5-20-44(21-6-1)47-26-19-29-49(38-47)74-60-33-16-13-30-51(60)56-41-57-54-40-55-52-31-14-17-34-61(52)75(69-72-67(45-22-7-2-8-23-45)71-68(73-69)46-24-9-3-10-25-46)62(55)42-59(54)70(48-27-11-4-12-28-48)76(64(57)43-63(56)74)50-36-37-66-58(39-50)53-32-15-18-35-65(53)77-66/h1-43H. The maximum absolute atomic E-state index is 6.49. The third-order valence-corrected chi connectivity index (χ3v) is 15.6. The summed E-state index contributed by atoms with van der Waals surface area (Å²) in [4.78, 5) is 18.4. The molecule has 0 fully saturated rings. The minimum atomic E-state index is -0.278. The van der Waals surface area contributed by atoms with E-state index in [1.807, 2.05) is 42.5 Å². The van der Waals surface area contributed by atoms with Crippen molar-refractivity contribution >= 4 is 94.7 Å². The first-order chi connectivity index (χ1) is 38.2. The van der Waals surface area contributed by atoms with Gasteiger partial charge in [0.15, 0.2) is 11.6 Å². The van der Waals surface area contributed by atoms with Crippen LogP contribution in [0.3, 0.4) is 0 Å². The highest BCUT2D eigenvalue weighted by Crippen LogP contribution is 2.48. The van der Waals surface area contributed by atoms with Crippen LogP contribution in [0.4, 0.5) is 11.4 Å². The Hall–Kier alpha value is -10.3. The Morgan fingerprint density at radius 1 is 0.325 bits per heavy atom. The maximum atomic E-state index is 6.49. The first-order valence-corrected chi connectivity index (χ1v) is 26.1. The van der Waals surface area contributed by atoms with E-state index in [0.717, 1.165) is 99.5 Å². The molecule has 0 N–H and O–H groups in total. The summed E-state index contributed by atoms with van der Waals surface area (Å²) in [6, 6.07) is 93.3. The number of fused-ring (bicyclic) bond motifs is 12. The molecule has 8 heteroatoms. The number of anilines is 2. The van der Waals surface area contributed by atoms with Crippen molar-refractivity contribution in [2.24, 2.45) is 0 Å². The van der Waals surface area contributed by atoms with E-state index in [4.69, 9.17) is 19.4 Å². The average Bonchev–Trinajstić information content (AvgIpc) is 4.27. The van der Waals surface area contributed by atoms with Crippen LogP contribution in [0.25, 0.3) is 122 Å². The normalized spacial score (nSPS) is 12.4. The van der Waals surface area contributed by atoms with Crippen LogP contribution in [-0.2, 0) is 0 Å². The largest absolute Gasteiger partial charge is 0.456 e. The molecule has 0 atom stereocenters. The van der Waals surface area contributed by atoms with Gasteiger partial charge in [0.1, 0.15) is 11.2 Å². The van der Waals surface area contributed by atoms with Crippen molar-refractivity contribution in [3.05, 3.63) is 261 Å². The van der Waals surface area contributed by atoms with E-state index in [9.17, 15) is 0 Å². The third kappa shape index (κ3) is 6.82. The molecule has 0 aliphatic carbocycles. The van der Waals surface area contributed by atoms with Gasteiger partial charge in [0.2, 0.25) is 5.95 Å². The number of furan rings is 1. The van der Waals surface area contributed by atoms with E-state index in [1.165, 1.54) is 27.5 Å². The van der Waals surface area contributed by atoms with E-state index < -0.39 is 0 Å². The summed E-state index contributed by atoms with van der Waals surface area (Å²) in [5.74, 6) is 1.77. The number of hydrogen-bond donors (Lipinski definition) is 0. The zero-order chi connectivity index (χ0) is 50.6. The minimum Gasteiger partial charge on any atom is -0.456 e. The summed E-state index contributed by atoms with van der Waals surface area (Å²) in [5.41, 5.74) is 18.1. The highest BCUT2D eigenvalue weighted by Gasteiger charge is 2.39. The van der Waals surface area contributed by atoms with Crippen LogP contribution in [-0.4, -0.2) is 30.9 Å². The van der Waals surface area contributed by atoms with Gasteiger partial charge in [-0.05, 0) is 94.9 Å². The van der Waals surface area contributed by atoms with Gasteiger partial charge in [0.25, 0.3) is 0 Å². The molecule has 4 aromatic heterocycles. The van der Waals surface area contributed by atoms with Gasteiger partial charge in [-0.3, -0.25) is 4.57 Å². The number of rotatable bonds is 7. The van der Waals surface area contributed by atoms with Crippen LogP contribution >= 0.6 is 0 Å². The van der Waals surface area contributed by atoms with Crippen LogP contribution in [0.5, 0.6) is 0 Å². The number of para-hydroxylation sites is 3. The van der Waals surface area contributed by atoms with Crippen LogP contribution in [0.2, 0.25) is 0 Å². The molecule has 77 heavy (non-hydrogen) atoms. The van der Waals surface area contributed by atoms with Crippen molar-refractivity contribution in [3.63, 3.8) is 0 Å². The molecule has 1 aliphatic rings. The average molecular weight is 983 g/mol. The van der Waals surface area contributed by atoms with Crippen LogP contribution in [0.15, 0.2) is 265 Å². The Bertz CT molecular complexity index is 4760. The van der Waals surface area contributed by atoms with Crippen LogP contribution in [0, 0.1) is 0 Å². The molecule has 15 aromatic rings. The summed E-state index contributed by atoms with van der Waals surface area (Å²) in [7, 11) is 0. The van der Waals surface area contributed by atoms with Gasteiger partial charge in [-0.1, -0.05) is 194 Å². The Labute approximate surface area is 443 Å². The maximum Gasteiger partial charge on any atom is 0.328 e. The van der Waals surface area contributed by atoms with E-state index in [2.05, 4.69) is 232 Å². The molecule has 11 aromatic carbocycles. The number of nitrogens with zero attached hydrogens (tertiary/aromatic N) is 6. The predicted octanol–water partition coefficient (Wildman–Crippen LogP) is 15.9. The Kier molecular flexibility index (Phi) is 9.59. The summed E-state index contributed by atoms with van der Waals surface area (Å²) < 4.78 is 11.2. The predicted molar refractivity (Wildman–Crippen MR) is 318 cm³/mol. The topological polar surface area (TPSA) is 64.9 Å². The molecule has 0 spiro atoms. The van der Waals surface area contributed by atoms with E-state index in [-0.39, 0.29) is 6.85 Å². The molecular formula is C69H43BN6O. The highest BCUT2D eigenvalue weighted by molar-refractivity contribution is 6.91. The lowest BCUT2D eigenvalue weighted by atomic mass is 9.45. The first-order valence-electron chi connectivity index (χ1n) is 26.1. The van der Waals surface area contributed by atoms with E-state index >= 15 is 0 Å². The second-order valence-electron chi connectivity index (χ2n) is 19.9. The Balaban J connectivity index is 1.02. The smallest absolute Gasteiger partial charge is 0.328 e. The molecule has 358 valence electrons. The van der Waals surface area contributed by atoms with Gasteiger partial charge in [-0.15, -0.1) is 0 Å². The molecule has 0 amide bonds. The van der Waals surface area contributed by atoms with Gasteiger partial charge < -0.3 is 13.8 Å². The fraction of sp³-hybridized carbons (Fsp3) is 0. The molecule has 0 bridgehead atoms. The molecule has 5 heterocycles. The van der Waals surface area contributed by atoms with Gasteiger partial charge in [-0.2, -0.15) is 9.97 Å². The lowest BCUT2D eigenvalue weighted by Crippen LogP contribution is -2.57. The van der Waals surface area contributed by atoms with Crippen molar-refractivity contribution in [1.82, 2.24) is 24.1 Å². The molecule has 7 nitrogen and oxygen atoms in total. The Morgan fingerprint density at radius 3 is 1.56 bits per heavy atom. The summed E-state index contributed by atoms with van der Waals surface area (Å²) >= 11 is 0. The molecule has 0 saturated carbocycles. The van der Waals surface area contributed by atoms with Crippen LogP contribution < -0.4 is 15.7 Å². The van der Waals surface area contributed by atoms with Gasteiger partial charge >= 0.3 is 6.85 Å². The molecule has 0 saturated heterocycles. The van der Waals surface area contributed by atoms with E-state index in [0.29, 0.717) is 17.6 Å². The zero-order valence-corrected chi connectivity index (χ0v) is 41.5. The highest BCUT2D eigenvalue weighted by atomic mass is 16.3. The Morgan fingerprint density at radius 2 is 0.870 bits per heavy atom. The van der Waals surface area contributed by atoms with Crippen LogP contribution in [0.1, 0.15) is 0 Å². The number of aromatic nitrogens is 5. The number of hydrogen-bond acceptors (Lipinski definition) is 5. The van der Waals surface area contributed by atoms with Crippen molar-refractivity contribution < 1.29 is 4.42 Å². The zero-order valence-electron chi connectivity index (χ0n) is 41.5. The number of benzene rings is 11. The summed E-state index contributed by atoms with van der Waals surface area (Å²) in [5, 5.41) is 6.75. The van der Waals surface area contributed by atoms with E-state index in [1.54, 1.807) is 0 Å². The van der Waals surface area contributed by atoms with Crippen molar-refractivity contribution in [1.29, 1.82) is 0 Å². The van der Waals surface area contributed by atoms with Crippen molar-refractivity contribution in [2.45, 2.75) is 0 Å². The molecule has 0 radical (unpaired) electrons. The first kappa shape index (κ1) is 43.1. The molecular weight excluding hydrogens is 940 g/mol.